The number of rotatable bonds is 2. The number of nitrogens with zero attached hydrogens (tertiary/aromatic N) is 2. The fourth-order valence-electron chi connectivity index (χ4n) is 1.66. The van der Waals surface area contributed by atoms with E-state index in [9.17, 15) is 15.0 Å². The van der Waals surface area contributed by atoms with Crippen molar-refractivity contribution < 1.29 is 20.1 Å². The summed E-state index contributed by atoms with van der Waals surface area (Å²) in [7, 11) is 0. The minimum atomic E-state index is -1.29. The molecule has 2 rings (SSSR count). The highest BCUT2D eigenvalue weighted by Crippen LogP contribution is 2.28. The van der Waals surface area contributed by atoms with Crippen molar-refractivity contribution in [3.05, 3.63) is 26.4 Å². The van der Waals surface area contributed by atoms with Gasteiger partial charge in [-0.1, -0.05) is 0 Å². The molecule has 0 aliphatic carbocycles. The van der Waals surface area contributed by atoms with Gasteiger partial charge in [0.25, 0.3) is 0 Å². The molecule has 93 valence electrons. The van der Waals surface area contributed by atoms with E-state index >= 15 is 0 Å². The van der Waals surface area contributed by atoms with Crippen molar-refractivity contribution in [1.82, 2.24) is 9.55 Å². The Hall–Kier alpha value is -0.550. The van der Waals surface area contributed by atoms with E-state index in [1.54, 1.807) is 0 Å². The lowest BCUT2D eigenvalue weighted by Gasteiger charge is -2.16. The van der Waals surface area contributed by atoms with Crippen molar-refractivity contribution >= 4 is 22.6 Å². The molecule has 17 heavy (non-hydrogen) atoms. The molecule has 0 aromatic carbocycles. The molecule has 0 spiro atoms. The SMILES string of the molecule is O=c1n[c]c(I)cn1C1OC(CO)C(O)C1O. The topological polar surface area (TPSA) is 105 Å². The second kappa shape index (κ2) is 4.98. The fourth-order valence-corrected chi connectivity index (χ4v) is 2.08. The lowest BCUT2D eigenvalue weighted by Crippen LogP contribution is -2.36. The van der Waals surface area contributed by atoms with Crippen LogP contribution in [0.3, 0.4) is 0 Å². The van der Waals surface area contributed by atoms with Crippen molar-refractivity contribution in [2.24, 2.45) is 0 Å². The summed E-state index contributed by atoms with van der Waals surface area (Å²) in [5.41, 5.74) is -0.639. The van der Waals surface area contributed by atoms with Crippen LogP contribution < -0.4 is 5.69 Å². The van der Waals surface area contributed by atoms with Crippen LogP contribution in [0, 0.1) is 9.77 Å². The third-order valence-electron chi connectivity index (χ3n) is 2.52. The summed E-state index contributed by atoms with van der Waals surface area (Å²) in [6.45, 7) is -0.438. The van der Waals surface area contributed by atoms with Gasteiger partial charge in [-0.25, -0.2) is 4.79 Å². The first-order chi connectivity index (χ1) is 8.04. The van der Waals surface area contributed by atoms with Gasteiger partial charge in [0.1, 0.15) is 24.5 Å². The molecule has 1 aliphatic rings. The molecule has 8 heteroatoms. The number of ether oxygens (including phenoxy) is 1. The lowest BCUT2D eigenvalue weighted by molar-refractivity contribution is -0.0551. The molecule has 4 unspecified atom stereocenters. The second-order valence-electron chi connectivity index (χ2n) is 3.62. The molecule has 0 bridgehead atoms. The minimum Gasteiger partial charge on any atom is -0.394 e. The molecule has 3 N–H and O–H groups in total. The van der Waals surface area contributed by atoms with Gasteiger partial charge in [-0.05, 0) is 22.6 Å². The summed E-state index contributed by atoms with van der Waals surface area (Å²) in [6.07, 6.45) is -0.606. The number of hydrogen-bond donors (Lipinski definition) is 3. The molecule has 1 aromatic heterocycles. The average Bonchev–Trinajstić information content (AvgIpc) is 2.59. The van der Waals surface area contributed by atoms with Gasteiger partial charge in [0.05, 0.1) is 10.2 Å². The van der Waals surface area contributed by atoms with E-state index in [4.69, 9.17) is 9.84 Å². The largest absolute Gasteiger partial charge is 0.394 e. The second-order valence-corrected chi connectivity index (χ2v) is 4.78. The average molecular weight is 353 g/mol. The number of halogens is 1. The van der Waals surface area contributed by atoms with E-state index in [-0.39, 0.29) is 0 Å². The zero-order valence-electron chi connectivity index (χ0n) is 8.52. The first-order valence-electron chi connectivity index (χ1n) is 4.83. The summed E-state index contributed by atoms with van der Waals surface area (Å²) in [6, 6.07) is 0. The van der Waals surface area contributed by atoms with Gasteiger partial charge >= 0.3 is 5.69 Å². The Labute approximate surface area is 110 Å². The van der Waals surface area contributed by atoms with E-state index in [2.05, 4.69) is 11.2 Å². The summed E-state index contributed by atoms with van der Waals surface area (Å²) >= 11 is 1.91. The van der Waals surface area contributed by atoms with Crippen LogP contribution in [0.4, 0.5) is 0 Å². The number of aromatic nitrogens is 2. The molecule has 0 saturated carbocycles. The Balaban J connectivity index is 2.35. The molecule has 0 amide bonds. The highest BCUT2D eigenvalue weighted by Gasteiger charge is 2.43. The summed E-state index contributed by atoms with van der Waals surface area (Å²) in [5, 5.41) is 28.2. The summed E-state index contributed by atoms with van der Waals surface area (Å²) in [4.78, 5) is 15.0. The van der Waals surface area contributed by atoms with Crippen molar-refractivity contribution in [2.45, 2.75) is 24.5 Å². The van der Waals surface area contributed by atoms with E-state index in [0.717, 1.165) is 4.57 Å². The molecule has 1 fully saturated rings. The Morgan fingerprint density at radius 2 is 2.24 bits per heavy atom. The van der Waals surface area contributed by atoms with Crippen LogP contribution in [0.15, 0.2) is 11.0 Å². The third-order valence-corrected chi connectivity index (χ3v) is 3.04. The quantitative estimate of drug-likeness (QED) is 0.546. The maximum Gasteiger partial charge on any atom is 0.350 e. The summed E-state index contributed by atoms with van der Waals surface area (Å²) in [5.74, 6) is 0. The smallest absolute Gasteiger partial charge is 0.350 e. The Kier molecular flexibility index (Phi) is 3.78. The zero-order chi connectivity index (χ0) is 12.6. The first kappa shape index (κ1) is 12.9. The Morgan fingerprint density at radius 1 is 1.53 bits per heavy atom. The normalized spacial score (nSPS) is 32.9. The molecule has 1 radical (unpaired) electrons. The van der Waals surface area contributed by atoms with Gasteiger partial charge in [0, 0.05) is 6.20 Å². The van der Waals surface area contributed by atoms with Crippen LogP contribution in [0.25, 0.3) is 0 Å². The highest BCUT2D eigenvalue weighted by molar-refractivity contribution is 14.1. The molecule has 7 nitrogen and oxygen atoms in total. The maximum atomic E-state index is 11.5. The van der Waals surface area contributed by atoms with Crippen molar-refractivity contribution in [3.8, 4) is 0 Å². The van der Waals surface area contributed by atoms with Crippen molar-refractivity contribution in [3.63, 3.8) is 0 Å². The van der Waals surface area contributed by atoms with Crippen LogP contribution >= 0.6 is 22.6 Å². The maximum absolute atomic E-state index is 11.5. The molecular weight excluding hydrogens is 343 g/mol. The molecular formula is C9H10IN2O5. The third kappa shape index (κ3) is 2.36. The van der Waals surface area contributed by atoms with Crippen molar-refractivity contribution in [1.29, 1.82) is 0 Å². The zero-order valence-corrected chi connectivity index (χ0v) is 10.7. The van der Waals surface area contributed by atoms with Gasteiger partial charge in [-0.15, -0.1) is 0 Å². The molecule has 1 aliphatic heterocycles. The molecule has 4 atom stereocenters. The van der Waals surface area contributed by atoms with Gasteiger partial charge in [-0.2, -0.15) is 4.98 Å². The van der Waals surface area contributed by atoms with Gasteiger partial charge < -0.3 is 20.1 Å². The highest BCUT2D eigenvalue weighted by atomic mass is 127. The molecule has 2 heterocycles. The van der Waals surface area contributed by atoms with E-state index in [0.29, 0.717) is 3.57 Å². The molecule has 1 saturated heterocycles. The van der Waals surface area contributed by atoms with E-state index in [1.165, 1.54) is 6.20 Å². The van der Waals surface area contributed by atoms with E-state index in [1.807, 2.05) is 22.6 Å². The first-order valence-corrected chi connectivity index (χ1v) is 5.91. The van der Waals surface area contributed by atoms with Gasteiger partial charge in [0.2, 0.25) is 0 Å². The monoisotopic (exact) mass is 353 g/mol. The van der Waals surface area contributed by atoms with Crippen LogP contribution in [0.5, 0.6) is 0 Å². The van der Waals surface area contributed by atoms with Gasteiger partial charge in [-0.3, -0.25) is 4.57 Å². The predicted molar refractivity (Wildman–Crippen MR) is 63.1 cm³/mol. The van der Waals surface area contributed by atoms with E-state index < -0.39 is 36.8 Å². The molecule has 1 aromatic rings. The summed E-state index contributed by atoms with van der Waals surface area (Å²) < 4.78 is 6.85. The van der Waals surface area contributed by atoms with Gasteiger partial charge in [0.15, 0.2) is 6.23 Å². The van der Waals surface area contributed by atoms with Crippen LogP contribution in [-0.4, -0.2) is 49.8 Å². The lowest BCUT2D eigenvalue weighted by atomic mass is 10.1. The Bertz CT molecular complexity index is 465. The minimum absolute atomic E-state index is 0.438. The number of aliphatic hydroxyl groups is 3. The Morgan fingerprint density at radius 3 is 2.82 bits per heavy atom. The van der Waals surface area contributed by atoms with Crippen LogP contribution in [0.2, 0.25) is 0 Å². The standard InChI is InChI=1S/C9H10IN2O5/c10-4-1-11-9(16)12(2-4)8-7(15)6(14)5(3-13)17-8/h2,5-8,13-15H,3H2. The predicted octanol–water partition coefficient (Wildman–Crippen LogP) is -1.74. The van der Waals surface area contributed by atoms with Crippen LogP contribution in [0.1, 0.15) is 6.23 Å². The number of aliphatic hydroxyl groups excluding tert-OH is 3. The number of hydrogen-bond acceptors (Lipinski definition) is 6. The van der Waals surface area contributed by atoms with Crippen LogP contribution in [-0.2, 0) is 4.74 Å². The van der Waals surface area contributed by atoms with Crippen molar-refractivity contribution in [2.75, 3.05) is 6.61 Å². The fraction of sp³-hybridized carbons (Fsp3) is 0.556.